The molecule has 0 radical (unpaired) electrons. The van der Waals surface area contributed by atoms with Crippen molar-refractivity contribution >= 4 is 11.7 Å². The molecule has 0 atom stereocenters. The highest BCUT2D eigenvalue weighted by Crippen LogP contribution is 2.26. The summed E-state index contributed by atoms with van der Waals surface area (Å²) >= 11 is 0. The van der Waals surface area contributed by atoms with Gasteiger partial charge in [-0.05, 0) is 12.5 Å². The molecule has 0 saturated carbocycles. The highest BCUT2D eigenvalue weighted by atomic mass is 19.4. The number of halogens is 3. The quantitative estimate of drug-likeness (QED) is 0.911. The highest BCUT2D eigenvalue weighted by molar-refractivity contribution is 6.02. The van der Waals surface area contributed by atoms with Crippen LogP contribution in [0.3, 0.4) is 0 Å². The number of alkyl halides is 3. The van der Waals surface area contributed by atoms with Crippen molar-refractivity contribution in [2.75, 3.05) is 6.54 Å². The molecule has 2 heterocycles. The summed E-state index contributed by atoms with van der Waals surface area (Å²) < 4.78 is 37.3. The Balaban J connectivity index is 1.58. The minimum atomic E-state index is -4.54. The number of nitrogens with zero attached hydrogens (tertiary/aromatic N) is 4. The van der Waals surface area contributed by atoms with E-state index < -0.39 is 17.9 Å². The smallest absolute Gasteiger partial charge is 0.331 e. The highest BCUT2D eigenvalue weighted by Gasteiger charge is 2.32. The third-order valence-corrected chi connectivity index (χ3v) is 3.84. The average molecular weight is 363 g/mol. The van der Waals surface area contributed by atoms with E-state index in [1.165, 1.54) is 5.01 Å². The van der Waals surface area contributed by atoms with Gasteiger partial charge in [-0.3, -0.25) is 4.98 Å². The monoisotopic (exact) mass is 363 g/mol. The standard InChI is InChI=1S/C17H16F3N5O/c1-11-2-4-12(5-3-11)14-6-7-25(24-14)16(26)23-9-13-8-22-15(10-21-13)17(18,19)20/h2-5,8,10H,6-7,9H2,1H3,(H,23,26). The fourth-order valence-electron chi connectivity index (χ4n) is 2.40. The summed E-state index contributed by atoms with van der Waals surface area (Å²) in [5.74, 6) is 0. The van der Waals surface area contributed by atoms with Gasteiger partial charge in [-0.2, -0.15) is 18.3 Å². The molecule has 3 rings (SSSR count). The van der Waals surface area contributed by atoms with Crippen LogP contribution in [-0.4, -0.2) is 33.3 Å². The molecule has 1 N–H and O–H groups in total. The van der Waals surface area contributed by atoms with E-state index in [0.29, 0.717) is 19.2 Å². The molecule has 0 aliphatic carbocycles. The number of carbonyl (C=O) groups excluding carboxylic acids is 1. The van der Waals surface area contributed by atoms with Crippen LogP contribution < -0.4 is 5.32 Å². The summed E-state index contributed by atoms with van der Waals surface area (Å²) in [6.07, 6.45) is -2.26. The van der Waals surface area contributed by atoms with E-state index in [9.17, 15) is 18.0 Å². The summed E-state index contributed by atoms with van der Waals surface area (Å²) in [4.78, 5) is 19.1. The second kappa shape index (κ2) is 7.11. The summed E-state index contributed by atoms with van der Waals surface area (Å²) in [6.45, 7) is 2.40. The first-order chi connectivity index (χ1) is 12.3. The van der Waals surface area contributed by atoms with E-state index in [4.69, 9.17) is 0 Å². The number of amides is 2. The van der Waals surface area contributed by atoms with E-state index in [1.807, 2.05) is 31.2 Å². The fraction of sp³-hybridized carbons (Fsp3) is 0.294. The van der Waals surface area contributed by atoms with E-state index in [0.717, 1.165) is 23.0 Å². The number of hydrazone groups is 1. The predicted molar refractivity (Wildman–Crippen MR) is 88.3 cm³/mol. The Morgan fingerprint density at radius 3 is 2.54 bits per heavy atom. The van der Waals surface area contributed by atoms with Crippen LogP contribution in [0.4, 0.5) is 18.0 Å². The molecule has 1 aliphatic rings. The topological polar surface area (TPSA) is 70.5 Å². The maximum atomic E-state index is 12.4. The van der Waals surface area contributed by atoms with Crippen LogP contribution in [0.15, 0.2) is 41.8 Å². The Morgan fingerprint density at radius 1 is 1.19 bits per heavy atom. The maximum absolute atomic E-state index is 12.4. The van der Waals surface area contributed by atoms with E-state index >= 15 is 0 Å². The van der Waals surface area contributed by atoms with Gasteiger partial charge in [-0.1, -0.05) is 29.8 Å². The molecule has 136 valence electrons. The number of carbonyl (C=O) groups is 1. The van der Waals surface area contributed by atoms with Crippen LogP contribution in [0.25, 0.3) is 0 Å². The maximum Gasteiger partial charge on any atom is 0.434 e. The van der Waals surface area contributed by atoms with Crippen LogP contribution in [0.2, 0.25) is 0 Å². The van der Waals surface area contributed by atoms with Crippen LogP contribution in [0.5, 0.6) is 0 Å². The van der Waals surface area contributed by atoms with Gasteiger partial charge in [0.15, 0.2) is 5.69 Å². The lowest BCUT2D eigenvalue weighted by molar-refractivity contribution is -0.141. The van der Waals surface area contributed by atoms with Gasteiger partial charge in [0, 0.05) is 6.42 Å². The second-order valence-corrected chi connectivity index (χ2v) is 5.84. The van der Waals surface area contributed by atoms with Gasteiger partial charge in [-0.25, -0.2) is 14.8 Å². The Morgan fingerprint density at radius 2 is 1.92 bits per heavy atom. The number of nitrogens with one attached hydrogen (secondary N) is 1. The minimum Gasteiger partial charge on any atom is -0.331 e. The molecule has 1 aromatic heterocycles. The number of rotatable bonds is 3. The molecule has 9 heteroatoms. The second-order valence-electron chi connectivity index (χ2n) is 5.84. The molecule has 2 aromatic rings. The largest absolute Gasteiger partial charge is 0.434 e. The molecule has 1 aromatic carbocycles. The van der Waals surface area contributed by atoms with E-state index in [2.05, 4.69) is 20.4 Å². The molecule has 0 fully saturated rings. The number of benzene rings is 1. The van der Waals surface area contributed by atoms with Gasteiger partial charge in [0.2, 0.25) is 0 Å². The van der Waals surface area contributed by atoms with Gasteiger partial charge in [0.05, 0.1) is 36.9 Å². The van der Waals surface area contributed by atoms with Crippen molar-refractivity contribution in [1.29, 1.82) is 0 Å². The van der Waals surface area contributed by atoms with Crippen molar-refractivity contribution in [3.8, 4) is 0 Å². The molecular formula is C17H16F3N5O. The van der Waals surface area contributed by atoms with Crippen molar-refractivity contribution < 1.29 is 18.0 Å². The summed E-state index contributed by atoms with van der Waals surface area (Å²) in [7, 11) is 0. The third-order valence-electron chi connectivity index (χ3n) is 3.84. The Kier molecular flexibility index (Phi) is 4.88. The van der Waals surface area contributed by atoms with Crippen molar-refractivity contribution in [1.82, 2.24) is 20.3 Å². The van der Waals surface area contributed by atoms with Crippen LogP contribution in [0.1, 0.15) is 28.9 Å². The van der Waals surface area contributed by atoms with E-state index in [-0.39, 0.29) is 12.2 Å². The number of aromatic nitrogens is 2. The Labute approximate surface area is 147 Å². The number of hydrogen-bond donors (Lipinski definition) is 1. The number of urea groups is 1. The van der Waals surface area contributed by atoms with Gasteiger partial charge in [0.25, 0.3) is 0 Å². The van der Waals surface area contributed by atoms with Crippen LogP contribution in [-0.2, 0) is 12.7 Å². The molecule has 0 bridgehead atoms. The molecule has 0 spiro atoms. The fourth-order valence-corrected chi connectivity index (χ4v) is 2.40. The zero-order valence-corrected chi connectivity index (χ0v) is 13.9. The van der Waals surface area contributed by atoms with Gasteiger partial charge in [0.1, 0.15) is 0 Å². The normalized spacial score (nSPS) is 14.3. The van der Waals surface area contributed by atoms with Crippen molar-refractivity contribution in [2.45, 2.75) is 26.1 Å². The van der Waals surface area contributed by atoms with Gasteiger partial charge in [-0.15, -0.1) is 0 Å². The molecule has 1 aliphatic heterocycles. The van der Waals surface area contributed by atoms with Crippen LogP contribution in [0, 0.1) is 6.92 Å². The van der Waals surface area contributed by atoms with Crippen molar-refractivity contribution in [3.63, 3.8) is 0 Å². The zero-order valence-electron chi connectivity index (χ0n) is 13.9. The predicted octanol–water partition coefficient (Wildman–Crippen LogP) is 3.12. The van der Waals surface area contributed by atoms with Crippen molar-refractivity contribution in [3.05, 3.63) is 59.2 Å². The summed E-state index contributed by atoms with van der Waals surface area (Å²) in [5, 5.41) is 8.17. The van der Waals surface area contributed by atoms with Crippen molar-refractivity contribution in [2.24, 2.45) is 5.10 Å². The lowest BCUT2D eigenvalue weighted by Gasteiger charge is -2.12. The number of aryl methyl sites for hydroxylation is 1. The molecular weight excluding hydrogens is 347 g/mol. The molecule has 0 unspecified atom stereocenters. The van der Waals surface area contributed by atoms with Gasteiger partial charge < -0.3 is 5.32 Å². The lowest BCUT2D eigenvalue weighted by Crippen LogP contribution is -2.35. The first-order valence-electron chi connectivity index (χ1n) is 7.91. The third kappa shape index (κ3) is 4.16. The number of hydrogen-bond acceptors (Lipinski definition) is 4. The van der Waals surface area contributed by atoms with Crippen LogP contribution >= 0.6 is 0 Å². The first-order valence-corrected chi connectivity index (χ1v) is 7.91. The molecule has 0 saturated heterocycles. The molecule has 26 heavy (non-hydrogen) atoms. The minimum absolute atomic E-state index is 0.0319. The Hall–Kier alpha value is -2.97. The average Bonchev–Trinajstić information content (AvgIpc) is 3.10. The molecule has 2 amide bonds. The summed E-state index contributed by atoms with van der Waals surface area (Å²) in [5.41, 5.74) is 2.07. The lowest BCUT2D eigenvalue weighted by atomic mass is 10.1. The zero-order chi connectivity index (χ0) is 18.7. The first kappa shape index (κ1) is 17.8. The van der Waals surface area contributed by atoms with E-state index in [1.54, 1.807) is 0 Å². The summed E-state index contributed by atoms with van der Waals surface area (Å²) in [6, 6.07) is 7.42. The SMILES string of the molecule is Cc1ccc(C2=NN(C(=O)NCc3cnc(C(F)(F)F)cn3)CC2)cc1. The van der Waals surface area contributed by atoms with Gasteiger partial charge >= 0.3 is 12.2 Å². The molecule has 6 nitrogen and oxygen atoms in total. The Bertz CT molecular complexity index is 816.